The Balaban J connectivity index is 1.22. The lowest BCUT2D eigenvalue weighted by molar-refractivity contribution is -0.735. The molecule has 0 saturated carbocycles. The topological polar surface area (TPSA) is 16.9 Å². The maximum Gasteiger partial charge on any atom is 0.139 e. The molecule has 45 heavy (non-hydrogen) atoms. The number of benzene rings is 7. The molecule has 3 nitrogen and oxygen atoms in total. The molecule has 0 saturated heterocycles. The number of rotatable bonds is 8. The first-order chi connectivity index (χ1) is 22.2. The van der Waals surface area contributed by atoms with Gasteiger partial charge < -0.3 is 9.64 Å². The summed E-state index contributed by atoms with van der Waals surface area (Å²) >= 11 is 0. The van der Waals surface area contributed by atoms with Crippen LogP contribution >= 0.6 is 0 Å². The van der Waals surface area contributed by atoms with Gasteiger partial charge in [-0.2, -0.15) is 0 Å². The molecule has 0 heterocycles. The molecule has 7 aromatic rings. The molecule has 7 rings (SSSR count). The van der Waals surface area contributed by atoms with Crippen molar-refractivity contribution in [1.29, 1.82) is 0 Å². The zero-order valence-electron chi connectivity index (χ0n) is 25.5. The van der Waals surface area contributed by atoms with Crippen molar-refractivity contribution in [2.24, 2.45) is 0 Å². The Labute approximate surface area is 265 Å². The van der Waals surface area contributed by atoms with Crippen LogP contribution in [0.1, 0.15) is 0 Å². The molecule has 0 aliphatic carbocycles. The highest BCUT2D eigenvalue weighted by Gasteiger charge is 2.16. The lowest BCUT2D eigenvalue weighted by Gasteiger charge is -2.27. The third kappa shape index (κ3) is 5.82. The lowest BCUT2D eigenvalue weighted by Crippen LogP contribution is -2.98. The average molecular weight is 584 g/mol. The van der Waals surface area contributed by atoms with Crippen LogP contribution in [-0.4, -0.2) is 14.2 Å². The van der Waals surface area contributed by atoms with Gasteiger partial charge >= 0.3 is 0 Å². The Bertz CT molecular complexity index is 2030. The van der Waals surface area contributed by atoms with E-state index in [2.05, 4.69) is 170 Å². The maximum absolute atomic E-state index is 5.43. The number of ether oxygens (including phenoxy) is 1. The first-order valence-electron chi connectivity index (χ1n) is 15.3. The van der Waals surface area contributed by atoms with Crippen LogP contribution in [0, 0.1) is 0 Å². The van der Waals surface area contributed by atoms with Gasteiger partial charge in [0.05, 0.1) is 19.8 Å². The SMILES string of the molecule is COc1cccc([NH+](C)c2ccc(-c3ccc(N(c4ccc(-c5ccccc5)cc4)c4cccc5ccccc45)cc3)cc2)c1. The Kier molecular flexibility index (Phi) is 7.84. The van der Waals surface area contributed by atoms with Gasteiger partial charge in [-0.25, -0.2) is 0 Å². The fourth-order valence-electron chi connectivity index (χ4n) is 6.00. The summed E-state index contributed by atoms with van der Waals surface area (Å²) in [6.07, 6.45) is 0. The minimum Gasteiger partial charge on any atom is -0.497 e. The van der Waals surface area contributed by atoms with Crippen LogP contribution in [0.25, 0.3) is 33.0 Å². The predicted octanol–water partition coefficient (Wildman–Crippen LogP) is 10.1. The molecule has 0 fully saturated rings. The van der Waals surface area contributed by atoms with Crippen molar-refractivity contribution in [3.63, 3.8) is 0 Å². The summed E-state index contributed by atoms with van der Waals surface area (Å²) in [5, 5.41) is 2.44. The van der Waals surface area contributed by atoms with Gasteiger partial charge in [0.25, 0.3) is 0 Å². The molecular weight excluding hydrogens is 548 g/mol. The summed E-state index contributed by atoms with van der Waals surface area (Å²) in [5.41, 5.74) is 10.5. The van der Waals surface area contributed by atoms with E-state index in [0.29, 0.717) is 0 Å². The molecule has 0 aliphatic heterocycles. The fraction of sp³-hybridized carbons (Fsp3) is 0.0476. The number of hydrogen-bond acceptors (Lipinski definition) is 2. The Morgan fingerprint density at radius 3 is 1.64 bits per heavy atom. The van der Waals surface area contributed by atoms with Gasteiger partial charge in [0.2, 0.25) is 0 Å². The van der Waals surface area contributed by atoms with E-state index in [-0.39, 0.29) is 0 Å². The second-order valence-corrected chi connectivity index (χ2v) is 11.2. The van der Waals surface area contributed by atoms with Crippen LogP contribution in [0.3, 0.4) is 0 Å². The molecule has 0 aliphatic rings. The number of fused-ring (bicyclic) bond motifs is 1. The van der Waals surface area contributed by atoms with E-state index in [4.69, 9.17) is 4.74 Å². The van der Waals surface area contributed by atoms with Crippen molar-refractivity contribution in [2.45, 2.75) is 0 Å². The van der Waals surface area contributed by atoms with Gasteiger partial charge in [0, 0.05) is 35.0 Å². The largest absolute Gasteiger partial charge is 0.497 e. The van der Waals surface area contributed by atoms with Gasteiger partial charge in [-0.3, -0.25) is 4.90 Å². The van der Waals surface area contributed by atoms with Crippen LogP contribution in [0.15, 0.2) is 170 Å². The normalized spacial score (nSPS) is 11.7. The highest BCUT2D eigenvalue weighted by atomic mass is 16.5. The predicted molar refractivity (Wildman–Crippen MR) is 189 cm³/mol. The lowest BCUT2D eigenvalue weighted by atomic mass is 10.0. The molecule has 1 unspecified atom stereocenters. The van der Waals surface area contributed by atoms with E-state index in [1.807, 2.05) is 12.1 Å². The van der Waals surface area contributed by atoms with Crippen LogP contribution in [-0.2, 0) is 0 Å². The van der Waals surface area contributed by atoms with Gasteiger partial charge in [-0.1, -0.05) is 97.1 Å². The molecule has 0 radical (unpaired) electrons. The van der Waals surface area contributed by atoms with Crippen LogP contribution in [0.2, 0.25) is 0 Å². The van der Waals surface area contributed by atoms with Gasteiger partial charge in [0.1, 0.15) is 17.1 Å². The van der Waals surface area contributed by atoms with E-state index in [1.165, 1.54) is 43.6 Å². The van der Waals surface area contributed by atoms with Crippen molar-refractivity contribution < 1.29 is 9.64 Å². The minimum absolute atomic E-state index is 0.869. The number of quaternary nitrogens is 1. The van der Waals surface area contributed by atoms with Crippen molar-refractivity contribution in [3.05, 3.63) is 170 Å². The van der Waals surface area contributed by atoms with E-state index in [1.54, 1.807) is 7.11 Å². The number of anilines is 3. The second-order valence-electron chi connectivity index (χ2n) is 11.2. The Morgan fingerprint density at radius 1 is 0.467 bits per heavy atom. The number of hydrogen-bond donors (Lipinski definition) is 1. The summed E-state index contributed by atoms with van der Waals surface area (Å²) in [6, 6.07) is 60.5. The molecule has 1 N–H and O–H groups in total. The zero-order chi connectivity index (χ0) is 30.6. The molecule has 0 spiro atoms. The fourth-order valence-corrected chi connectivity index (χ4v) is 6.00. The maximum atomic E-state index is 5.43. The monoisotopic (exact) mass is 583 g/mol. The molecular formula is C42H35N2O+. The summed E-state index contributed by atoms with van der Waals surface area (Å²) in [4.78, 5) is 3.58. The summed E-state index contributed by atoms with van der Waals surface area (Å²) in [6.45, 7) is 0. The summed E-state index contributed by atoms with van der Waals surface area (Å²) in [7, 11) is 3.87. The second kappa shape index (κ2) is 12.5. The zero-order valence-corrected chi connectivity index (χ0v) is 25.5. The summed E-state index contributed by atoms with van der Waals surface area (Å²) < 4.78 is 5.43. The first kappa shape index (κ1) is 28.1. The number of methoxy groups -OCH3 is 1. The standard InChI is InChI=1S/C42H34N2O/c1-43(39-14-9-15-40(30-39)45-2)36-24-18-33(19-25-36)34-22-28-38(29-23-34)44(42-17-8-13-35-12-6-7-16-41(35)42)37-26-20-32(21-27-37)31-10-4-3-5-11-31/h3-30H,1-2H3/p+1. The van der Waals surface area contributed by atoms with E-state index in [9.17, 15) is 0 Å². The molecule has 0 bridgehead atoms. The van der Waals surface area contributed by atoms with Gasteiger partial charge in [-0.15, -0.1) is 0 Å². The molecule has 1 atom stereocenters. The van der Waals surface area contributed by atoms with Crippen LogP contribution < -0.4 is 14.5 Å². The Morgan fingerprint density at radius 2 is 1.00 bits per heavy atom. The minimum atomic E-state index is 0.869. The molecule has 218 valence electrons. The highest BCUT2D eigenvalue weighted by Crippen LogP contribution is 2.40. The number of nitrogens with zero attached hydrogens (tertiary/aromatic N) is 1. The molecule has 0 aromatic heterocycles. The van der Waals surface area contributed by atoms with Crippen molar-refractivity contribution in [3.8, 4) is 28.0 Å². The smallest absolute Gasteiger partial charge is 0.139 e. The van der Waals surface area contributed by atoms with Gasteiger partial charge in [-0.05, 0) is 82.2 Å². The third-order valence-electron chi connectivity index (χ3n) is 8.52. The van der Waals surface area contributed by atoms with Crippen LogP contribution in [0.5, 0.6) is 5.75 Å². The third-order valence-corrected chi connectivity index (χ3v) is 8.52. The average Bonchev–Trinajstić information content (AvgIpc) is 3.12. The van der Waals surface area contributed by atoms with Crippen molar-refractivity contribution in [1.82, 2.24) is 0 Å². The van der Waals surface area contributed by atoms with Crippen molar-refractivity contribution >= 4 is 39.2 Å². The first-order valence-corrected chi connectivity index (χ1v) is 15.3. The molecule has 7 aromatic carbocycles. The number of nitrogens with one attached hydrogen (secondary N) is 1. The van der Waals surface area contributed by atoms with E-state index in [0.717, 1.165) is 28.5 Å². The summed E-state index contributed by atoms with van der Waals surface area (Å²) in [5.74, 6) is 0.869. The Hall–Kier alpha value is -5.64. The highest BCUT2D eigenvalue weighted by molar-refractivity contribution is 5.99. The van der Waals surface area contributed by atoms with E-state index >= 15 is 0 Å². The quantitative estimate of drug-likeness (QED) is 0.192. The van der Waals surface area contributed by atoms with E-state index < -0.39 is 0 Å². The van der Waals surface area contributed by atoms with Crippen molar-refractivity contribution in [2.75, 3.05) is 19.1 Å². The molecule has 0 amide bonds. The van der Waals surface area contributed by atoms with Crippen LogP contribution in [0.4, 0.5) is 28.4 Å². The van der Waals surface area contributed by atoms with Gasteiger partial charge in [0.15, 0.2) is 0 Å². The molecule has 3 heteroatoms.